The van der Waals surface area contributed by atoms with Gasteiger partial charge >= 0.3 is 6.03 Å². The first-order valence-electron chi connectivity index (χ1n) is 11.3. The fourth-order valence-electron chi connectivity index (χ4n) is 3.69. The smallest absolute Gasteiger partial charge is 0.319 e. The maximum Gasteiger partial charge on any atom is 0.319 e. The van der Waals surface area contributed by atoms with Gasteiger partial charge in [-0.05, 0) is 42.3 Å². The summed E-state index contributed by atoms with van der Waals surface area (Å²) in [5.74, 6) is 0.749. The number of amides is 2. The standard InChI is InChI=1S/C26H29N3O4S/c1-2-27-26(31)29-21-12-10-20(11-13-21)25-32-22(17-34-24-5-3-4-14-28-24)15-23(33-25)19-8-6-18(16-30)7-9-19/h3-14,22-23,25,30H,2,15-17H2,1H3,(H2,27,29,31). The summed E-state index contributed by atoms with van der Waals surface area (Å²) in [6.07, 6.45) is 1.78. The molecular weight excluding hydrogens is 450 g/mol. The molecule has 3 atom stereocenters. The number of aliphatic hydroxyl groups excluding tert-OH is 1. The number of anilines is 1. The first kappa shape index (κ1) is 24.2. The highest BCUT2D eigenvalue weighted by Crippen LogP contribution is 2.39. The molecule has 7 nitrogen and oxygen atoms in total. The average molecular weight is 480 g/mol. The summed E-state index contributed by atoms with van der Waals surface area (Å²) in [5, 5.41) is 15.8. The van der Waals surface area contributed by atoms with Gasteiger partial charge in [-0.15, -0.1) is 11.8 Å². The van der Waals surface area contributed by atoms with Crippen LogP contribution in [0.25, 0.3) is 0 Å². The van der Waals surface area contributed by atoms with Gasteiger partial charge in [-0.2, -0.15) is 0 Å². The third-order valence-corrected chi connectivity index (χ3v) is 6.52. The third kappa shape index (κ3) is 6.57. The Morgan fingerprint density at radius 3 is 2.50 bits per heavy atom. The quantitative estimate of drug-likeness (QED) is 0.392. The van der Waals surface area contributed by atoms with E-state index in [0.717, 1.165) is 27.5 Å². The molecule has 34 heavy (non-hydrogen) atoms. The number of urea groups is 1. The molecule has 1 aliphatic heterocycles. The van der Waals surface area contributed by atoms with Crippen LogP contribution in [-0.2, 0) is 16.1 Å². The highest BCUT2D eigenvalue weighted by Gasteiger charge is 2.32. The van der Waals surface area contributed by atoms with Crippen molar-refractivity contribution >= 4 is 23.5 Å². The van der Waals surface area contributed by atoms with Crippen LogP contribution < -0.4 is 10.6 Å². The Bertz CT molecular complexity index is 1050. The highest BCUT2D eigenvalue weighted by molar-refractivity contribution is 7.99. The minimum Gasteiger partial charge on any atom is -0.392 e. The monoisotopic (exact) mass is 479 g/mol. The maximum absolute atomic E-state index is 11.8. The molecule has 3 aromatic rings. The average Bonchev–Trinajstić information content (AvgIpc) is 2.88. The number of carbonyl (C=O) groups excluding carboxylic acids is 1. The Morgan fingerprint density at radius 1 is 1.06 bits per heavy atom. The van der Waals surface area contributed by atoms with E-state index >= 15 is 0 Å². The van der Waals surface area contributed by atoms with Crippen LogP contribution in [0.1, 0.15) is 42.4 Å². The molecule has 2 heterocycles. The van der Waals surface area contributed by atoms with Crippen molar-refractivity contribution in [1.82, 2.24) is 10.3 Å². The summed E-state index contributed by atoms with van der Waals surface area (Å²) in [6, 6.07) is 21.0. The van der Waals surface area contributed by atoms with Crippen LogP contribution in [-0.4, -0.2) is 34.5 Å². The van der Waals surface area contributed by atoms with Crippen LogP contribution >= 0.6 is 11.8 Å². The molecule has 4 rings (SSSR count). The first-order chi connectivity index (χ1) is 16.6. The summed E-state index contributed by atoms with van der Waals surface area (Å²) in [5.41, 5.74) is 3.49. The predicted octanol–water partition coefficient (Wildman–Crippen LogP) is 5.05. The van der Waals surface area contributed by atoms with E-state index in [1.165, 1.54) is 0 Å². The fraction of sp³-hybridized carbons (Fsp3) is 0.308. The van der Waals surface area contributed by atoms with Crippen LogP contribution in [0.3, 0.4) is 0 Å². The molecule has 0 radical (unpaired) electrons. The summed E-state index contributed by atoms with van der Waals surface area (Å²) in [4.78, 5) is 16.2. The normalized spacial score (nSPS) is 20.0. The molecule has 0 aliphatic carbocycles. The number of ether oxygens (including phenoxy) is 2. The predicted molar refractivity (Wildman–Crippen MR) is 133 cm³/mol. The molecule has 0 spiro atoms. The van der Waals surface area contributed by atoms with Gasteiger partial charge in [-0.25, -0.2) is 9.78 Å². The van der Waals surface area contributed by atoms with Gasteiger partial charge in [0.05, 0.1) is 23.8 Å². The Kier molecular flexibility index (Phi) is 8.54. The van der Waals surface area contributed by atoms with E-state index in [1.54, 1.807) is 18.0 Å². The van der Waals surface area contributed by atoms with Crippen molar-refractivity contribution in [2.24, 2.45) is 0 Å². The fourth-order valence-corrected chi connectivity index (χ4v) is 4.57. The van der Waals surface area contributed by atoms with Crippen molar-refractivity contribution < 1.29 is 19.4 Å². The van der Waals surface area contributed by atoms with Crippen molar-refractivity contribution in [3.63, 3.8) is 0 Å². The van der Waals surface area contributed by atoms with Crippen molar-refractivity contribution in [1.29, 1.82) is 0 Å². The number of nitrogens with zero attached hydrogens (tertiary/aromatic N) is 1. The lowest BCUT2D eigenvalue weighted by Crippen LogP contribution is -2.31. The van der Waals surface area contributed by atoms with Gasteiger partial charge in [0.25, 0.3) is 0 Å². The van der Waals surface area contributed by atoms with E-state index in [0.29, 0.717) is 18.7 Å². The van der Waals surface area contributed by atoms with Gasteiger partial charge in [-0.1, -0.05) is 42.5 Å². The molecule has 1 aliphatic rings. The molecular formula is C26H29N3O4S. The zero-order valence-corrected chi connectivity index (χ0v) is 19.8. The van der Waals surface area contributed by atoms with Gasteiger partial charge < -0.3 is 25.2 Å². The van der Waals surface area contributed by atoms with Crippen LogP contribution in [0, 0.1) is 0 Å². The van der Waals surface area contributed by atoms with E-state index < -0.39 is 6.29 Å². The van der Waals surface area contributed by atoms with E-state index in [4.69, 9.17) is 9.47 Å². The molecule has 178 valence electrons. The van der Waals surface area contributed by atoms with Crippen LogP contribution in [0.4, 0.5) is 10.5 Å². The zero-order chi connectivity index (χ0) is 23.8. The lowest BCUT2D eigenvalue weighted by Gasteiger charge is -2.36. The number of hydrogen-bond donors (Lipinski definition) is 3. The Balaban J connectivity index is 1.49. The number of aromatic nitrogens is 1. The number of pyridine rings is 1. The molecule has 0 bridgehead atoms. The maximum atomic E-state index is 11.8. The molecule has 1 saturated heterocycles. The van der Waals surface area contributed by atoms with Gasteiger partial charge in [0, 0.05) is 36.2 Å². The van der Waals surface area contributed by atoms with Crippen LogP contribution in [0.5, 0.6) is 0 Å². The number of hydrogen-bond acceptors (Lipinski definition) is 6. The molecule has 0 saturated carbocycles. The SMILES string of the molecule is CCNC(=O)Nc1ccc(C2OC(CSc3ccccn3)CC(c3ccc(CO)cc3)O2)cc1. The second-order valence-electron chi connectivity index (χ2n) is 7.94. The molecule has 1 fully saturated rings. The minimum absolute atomic E-state index is 0.0115. The molecule has 1 aromatic heterocycles. The molecule has 8 heteroatoms. The van der Waals surface area contributed by atoms with E-state index in [9.17, 15) is 9.90 Å². The Hall–Kier alpha value is -2.91. The van der Waals surface area contributed by atoms with E-state index in [2.05, 4.69) is 15.6 Å². The second kappa shape index (κ2) is 12.0. The summed E-state index contributed by atoms with van der Waals surface area (Å²) in [7, 11) is 0. The zero-order valence-electron chi connectivity index (χ0n) is 19.0. The minimum atomic E-state index is -0.538. The number of benzene rings is 2. The summed E-state index contributed by atoms with van der Waals surface area (Å²) in [6.45, 7) is 2.44. The number of thioether (sulfide) groups is 1. The van der Waals surface area contributed by atoms with E-state index in [-0.39, 0.29) is 24.8 Å². The molecule has 3 unspecified atom stereocenters. The molecule has 2 amide bonds. The van der Waals surface area contributed by atoms with Gasteiger partial charge in [0.2, 0.25) is 0 Å². The van der Waals surface area contributed by atoms with Crippen LogP contribution in [0.2, 0.25) is 0 Å². The van der Waals surface area contributed by atoms with Crippen molar-refractivity contribution in [3.8, 4) is 0 Å². The third-order valence-electron chi connectivity index (χ3n) is 5.45. The number of rotatable bonds is 8. The van der Waals surface area contributed by atoms with Crippen molar-refractivity contribution in [3.05, 3.63) is 89.6 Å². The number of carbonyl (C=O) groups is 1. The highest BCUT2D eigenvalue weighted by atomic mass is 32.2. The summed E-state index contributed by atoms with van der Waals surface area (Å²) >= 11 is 1.66. The largest absolute Gasteiger partial charge is 0.392 e. The van der Waals surface area contributed by atoms with E-state index in [1.807, 2.05) is 73.7 Å². The molecule has 3 N–H and O–H groups in total. The Labute approximate surface area is 203 Å². The first-order valence-corrected chi connectivity index (χ1v) is 12.3. The molecule has 2 aromatic carbocycles. The lowest BCUT2D eigenvalue weighted by atomic mass is 10.0. The van der Waals surface area contributed by atoms with Crippen molar-refractivity contribution in [2.45, 2.75) is 43.5 Å². The lowest BCUT2D eigenvalue weighted by molar-refractivity contribution is -0.245. The number of nitrogens with one attached hydrogen (secondary N) is 2. The number of aliphatic hydroxyl groups is 1. The van der Waals surface area contributed by atoms with Gasteiger partial charge in [0.1, 0.15) is 0 Å². The van der Waals surface area contributed by atoms with Crippen LogP contribution in [0.15, 0.2) is 78.0 Å². The summed E-state index contributed by atoms with van der Waals surface area (Å²) < 4.78 is 12.7. The topological polar surface area (TPSA) is 92.7 Å². The van der Waals surface area contributed by atoms with Gasteiger partial charge in [-0.3, -0.25) is 0 Å². The van der Waals surface area contributed by atoms with Crippen molar-refractivity contribution in [2.75, 3.05) is 17.6 Å². The second-order valence-corrected chi connectivity index (χ2v) is 8.98. The Morgan fingerprint density at radius 2 is 1.82 bits per heavy atom. The van der Waals surface area contributed by atoms with Gasteiger partial charge in [0.15, 0.2) is 6.29 Å².